The van der Waals surface area contributed by atoms with Crippen molar-refractivity contribution in [3.05, 3.63) is 40.5 Å². The average molecular weight is 245 g/mol. The molecule has 0 fully saturated rings. The first-order chi connectivity index (χ1) is 8.47. The Hall–Kier alpha value is -2.10. The summed E-state index contributed by atoms with van der Waals surface area (Å²) in [6.45, 7) is 2.50. The van der Waals surface area contributed by atoms with Crippen molar-refractivity contribution in [2.24, 2.45) is 0 Å². The number of fused-ring (bicyclic) bond motifs is 1. The van der Waals surface area contributed by atoms with E-state index in [4.69, 9.17) is 5.11 Å². The molecule has 1 aliphatic heterocycles. The number of carboxylic acids is 1. The highest BCUT2D eigenvalue weighted by Gasteiger charge is 2.22. The zero-order valence-corrected chi connectivity index (χ0v) is 10.4. The van der Waals surface area contributed by atoms with Crippen LogP contribution >= 0.6 is 0 Å². The predicted octanol–water partition coefficient (Wildman–Crippen LogP) is 1.83. The number of carbonyl (C=O) groups is 2. The Morgan fingerprint density at radius 3 is 2.83 bits per heavy atom. The van der Waals surface area contributed by atoms with E-state index in [-0.39, 0.29) is 12.3 Å². The number of nitrogens with zero attached hydrogens (tertiary/aromatic N) is 1. The Bertz CT molecular complexity index is 546. The number of aryl methyl sites for hydroxylation is 1. The molecule has 1 aromatic carbocycles. The summed E-state index contributed by atoms with van der Waals surface area (Å²) in [7, 11) is 1.69. The van der Waals surface area contributed by atoms with E-state index in [0.29, 0.717) is 12.1 Å². The van der Waals surface area contributed by atoms with Crippen LogP contribution < -0.4 is 0 Å². The lowest BCUT2D eigenvalue weighted by Crippen LogP contribution is -2.27. The molecule has 1 N–H and O–H groups in total. The fourth-order valence-electron chi connectivity index (χ4n) is 2.12. The SMILES string of the molecule is Cc1ccc2c(c1)CN(C)C(=O)C(CC(=O)O)=C2. The molecule has 1 aromatic rings. The molecule has 0 unspecified atom stereocenters. The lowest BCUT2D eigenvalue weighted by molar-refractivity contribution is -0.137. The lowest BCUT2D eigenvalue weighted by atomic mass is 10.0. The third-order valence-electron chi connectivity index (χ3n) is 3.00. The van der Waals surface area contributed by atoms with E-state index in [9.17, 15) is 9.59 Å². The topological polar surface area (TPSA) is 57.6 Å². The van der Waals surface area contributed by atoms with Gasteiger partial charge in [-0.25, -0.2) is 0 Å². The quantitative estimate of drug-likeness (QED) is 0.864. The summed E-state index contributed by atoms with van der Waals surface area (Å²) in [5.41, 5.74) is 3.43. The highest BCUT2D eigenvalue weighted by Crippen LogP contribution is 2.23. The molecule has 1 heterocycles. The van der Waals surface area contributed by atoms with Gasteiger partial charge in [0.2, 0.25) is 5.91 Å². The number of hydrogen-bond donors (Lipinski definition) is 1. The summed E-state index contributed by atoms with van der Waals surface area (Å²) in [6, 6.07) is 5.92. The predicted molar refractivity (Wildman–Crippen MR) is 67.9 cm³/mol. The largest absolute Gasteiger partial charge is 0.481 e. The Kier molecular flexibility index (Phi) is 3.19. The monoisotopic (exact) mass is 245 g/mol. The van der Waals surface area contributed by atoms with Crippen molar-refractivity contribution in [2.45, 2.75) is 19.9 Å². The fourth-order valence-corrected chi connectivity index (χ4v) is 2.12. The molecular weight excluding hydrogens is 230 g/mol. The van der Waals surface area contributed by atoms with Crippen LogP contribution in [-0.2, 0) is 16.1 Å². The highest BCUT2D eigenvalue weighted by molar-refractivity contribution is 6.02. The maximum Gasteiger partial charge on any atom is 0.308 e. The van der Waals surface area contributed by atoms with Crippen LogP contribution in [0, 0.1) is 6.92 Å². The number of hydrogen-bond acceptors (Lipinski definition) is 2. The number of benzene rings is 1. The highest BCUT2D eigenvalue weighted by atomic mass is 16.4. The summed E-state index contributed by atoms with van der Waals surface area (Å²) in [4.78, 5) is 24.4. The second kappa shape index (κ2) is 4.64. The molecule has 0 saturated heterocycles. The van der Waals surface area contributed by atoms with Crippen molar-refractivity contribution in [3.63, 3.8) is 0 Å². The van der Waals surface area contributed by atoms with Crippen LogP contribution in [0.2, 0.25) is 0 Å². The Labute approximate surface area is 106 Å². The number of carboxylic acid groups (broad SMARTS) is 1. The first kappa shape index (κ1) is 12.4. The van der Waals surface area contributed by atoms with Crippen molar-refractivity contribution >= 4 is 18.0 Å². The molecule has 0 radical (unpaired) electrons. The molecule has 0 atom stereocenters. The Balaban J connectivity index is 2.48. The van der Waals surface area contributed by atoms with Crippen LogP contribution in [0.5, 0.6) is 0 Å². The maximum atomic E-state index is 12.0. The van der Waals surface area contributed by atoms with Crippen LogP contribution in [0.3, 0.4) is 0 Å². The molecule has 2 rings (SSSR count). The molecule has 1 aliphatic rings. The van der Waals surface area contributed by atoms with Gasteiger partial charge >= 0.3 is 5.97 Å². The molecule has 94 valence electrons. The van der Waals surface area contributed by atoms with E-state index in [2.05, 4.69) is 0 Å². The lowest BCUT2D eigenvalue weighted by Gasteiger charge is -2.16. The van der Waals surface area contributed by atoms with Gasteiger partial charge in [0.05, 0.1) is 6.42 Å². The third kappa shape index (κ3) is 2.42. The molecule has 0 saturated carbocycles. The van der Waals surface area contributed by atoms with Crippen molar-refractivity contribution in [1.82, 2.24) is 4.90 Å². The van der Waals surface area contributed by atoms with Gasteiger partial charge in [-0.05, 0) is 24.1 Å². The van der Waals surface area contributed by atoms with Crippen molar-refractivity contribution in [3.8, 4) is 0 Å². The summed E-state index contributed by atoms with van der Waals surface area (Å²) in [5.74, 6) is -1.20. The summed E-state index contributed by atoms with van der Waals surface area (Å²) >= 11 is 0. The number of likely N-dealkylation sites (N-methyl/N-ethyl adjacent to an activating group) is 1. The van der Waals surface area contributed by atoms with Crippen molar-refractivity contribution in [1.29, 1.82) is 0 Å². The average Bonchev–Trinajstić information content (AvgIpc) is 2.39. The fraction of sp³-hybridized carbons (Fsp3) is 0.286. The minimum atomic E-state index is -0.987. The van der Waals surface area contributed by atoms with Gasteiger partial charge in [-0.1, -0.05) is 23.8 Å². The summed E-state index contributed by atoms with van der Waals surface area (Å²) in [6.07, 6.45) is 1.45. The number of aliphatic carboxylic acids is 1. The molecule has 1 amide bonds. The third-order valence-corrected chi connectivity index (χ3v) is 3.00. The molecule has 0 aliphatic carbocycles. The van der Waals surface area contributed by atoms with E-state index in [0.717, 1.165) is 16.7 Å². The van der Waals surface area contributed by atoms with Crippen LogP contribution in [-0.4, -0.2) is 28.9 Å². The van der Waals surface area contributed by atoms with E-state index >= 15 is 0 Å². The van der Waals surface area contributed by atoms with Gasteiger partial charge in [-0.2, -0.15) is 0 Å². The van der Waals surface area contributed by atoms with Crippen LogP contribution in [0.25, 0.3) is 6.08 Å². The smallest absolute Gasteiger partial charge is 0.308 e. The van der Waals surface area contributed by atoms with Gasteiger partial charge in [0.1, 0.15) is 0 Å². The molecule has 0 bridgehead atoms. The molecule has 4 heteroatoms. The second-order valence-corrected chi connectivity index (χ2v) is 4.60. The van der Waals surface area contributed by atoms with Crippen molar-refractivity contribution in [2.75, 3.05) is 7.05 Å². The zero-order valence-electron chi connectivity index (χ0n) is 10.4. The van der Waals surface area contributed by atoms with Gasteiger partial charge < -0.3 is 10.0 Å². The van der Waals surface area contributed by atoms with Gasteiger partial charge in [0, 0.05) is 19.2 Å². The van der Waals surface area contributed by atoms with Crippen LogP contribution in [0.1, 0.15) is 23.1 Å². The normalized spacial score (nSPS) is 14.9. The van der Waals surface area contributed by atoms with Gasteiger partial charge in [-0.15, -0.1) is 0 Å². The molecule has 4 nitrogen and oxygen atoms in total. The number of rotatable bonds is 2. The standard InChI is InChI=1S/C14H15NO3/c1-9-3-4-10-6-11(7-13(16)17)14(18)15(2)8-12(10)5-9/h3-6H,7-8H2,1-2H3,(H,16,17). The van der Waals surface area contributed by atoms with Crippen molar-refractivity contribution < 1.29 is 14.7 Å². The van der Waals surface area contributed by atoms with Gasteiger partial charge in [0.15, 0.2) is 0 Å². The first-order valence-corrected chi connectivity index (χ1v) is 5.74. The number of carbonyl (C=O) groups excluding carboxylic acids is 1. The molecular formula is C14H15NO3. The zero-order chi connectivity index (χ0) is 13.3. The Morgan fingerprint density at radius 2 is 2.17 bits per heavy atom. The molecule has 18 heavy (non-hydrogen) atoms. The van der Waals surface area contributed by atoms with Crippen LogP contribution in [0.15, 0.2) is 23.8 Å². The molecule has 0 spiro atoms. The second-order valence-electron chi connectivity index (χ2n) is 4.60. The number of amides is 1. The maximum absolute atomic E-state index is 12.0. The van der Waals surface area contributed by atoms with Crippen LogP contribution in [0.4, 0.5) is 0 Å². The summed E-state index contributed by atoms with van der Waals surface area (Å²) in [5, 5.41) is 8.84. The Morgan fingerprint density at radius 1 is 1.44 bits per heavy atom. The molecule has 0 aromatic heterocycles. The summed E-state index contributed by atoms with van der Waals surface area (Å²) < 4.78 is 0. The van der Waals surface area contributed by atoms with E-state index in [1.807, 2.05) is 25.1 Å². The van der Waals surface area contributed by atoms with Gasteiger partial charge in [0.25, 0.3) is 0 Å². The minimum Gasteiger partial charge on any atom is -0.481 e. The first-order valence-electron chi connectivity index (χ1n) is 5.74. The van der Waals surface area contributed by atoms with E-state index < -0.39 is 5.97 Å². The van der Waals surface area contributed by atoms with E-state index in [1.54, 1.807) is 18.0 Å². The van der Waals surface area contributed by atoms with Gasteiger partial charge in [-0.3, -0.25) is 9.59 Å². The van der Waals surface area contributed by atoms with E-state index in [1.165, 1.54) is 0 Å². The minimum absolute atomic E-state index is 0.216.